The van der Waals surface area contributed by atoms with E-state index in [1.807, 2.05) is 6.92 Å². The highest BCUT2D eigenvalue weighted by molar-refractivity contribution is 7.87. The van der Waals surface area contributed by atoms with Crippen molar-refractivity contribution in [1.82, 2.24) is 19.2 Å². The summed E-state index contributed by atoms with van der Waals surface area (Å²) in [4.78, 5) is 2.28. The Morgan fingerprint density at radius 1 is 1.35 bits per heavy atom. The van der Waals surface area contributed by atoms with E-state index in [1.165, 1.54) is 4.31 Å². The standard InChI is InChI=1S/C10H24N4O2S/c1-3-4-12-17(15,16)13(2)9-10-14-7-5-11-6-8-14/h11-12H,3-10H2,1-2H3. The monoisotopic (exact) mass is 264 g/mol. The summed E-state index contributed by atoms with van der Waals surface area (Å²) in [6.45, 7) is 7.76. The molecule has 0 atom stereocenters. The van der Waals surface area contributed by atoms with Crippen LogP contribution in [0.3, 0.4) is 0 Å². The van der Waals surface area contributed by atoms with Gasteiger partial charge in [0.05, 0.1) is 0 Å². The van der Waals surface area contributed by atoms with Crippen molar-refractivity contribution in [2.24, 2.45) is 0 Å². The van der Waals surface area contributed by atoms with Gasteiger partial charge >= 0.3 is 0 Å². The number of likely N-dealkylation sites (N-methyl/N-ethyl adjacent to an activating group) is 1. The molecular formula is C10H24N4O2S. The Hall–Kier alpha value is -0.210. The molecule has 102 valence electrons. The van der Waals surface area contributed by atoms with Gasteiger partial charge in [0.15, 0.2) is 0 Å². The highest BCUT2D eigenvalue weighted by Gasteiger charge is 2.18. The zero-order valence-corrected chi connectivity index (χ0v) is 11.6. The van der Waals surface area contributed by atoms with Gasteiger partial charge in [0.2, 0.25) is 0 Å². The van der Waals surface area contributed by atoms with E-state index in [9.17, 15) is 8.42 Å². The van der Waals surface area contributed by atoms with Crippen molar-refractivity contribution in [2.45, 2.75) is 13.3 Å². The zero-order chi connectivity index (χ0) is 12.7. The minimum Gasteiger partial charge on any atom is -0.314 e. The molecule has 0 unspecified atom stereocenters. The van der Waals surface area contributed by atoms with Gasteiger partial charge in [-0.25, -0.2) is 4.72 Å². The summed E-state index contributed by atoms with van der Waals surface area (Å²) in [6, 6.07) is 0. The molecule has 1 heterocycles. The van der Waals surface area contributed by atoms with Gasteiger partial charge < -0.3 is 5.32 Å². The van der Waals surface area contributed by atoms with Crippen LogP contribution in [-0.2, 0) is 10.2 Å². The SMILES string of the molecule is CCCNS(=O)(=O)N(C)CCN1CCNCC1. The number of hydrogen-bond donors (Lipinski definition) is 2. The highest BCUT2D eigenvalue weighted by Crippen LogP contribution is 1.97. The van der Waals surface area contributed by atoms with Crippen molar-refractivity contribution in [3.63, 3.8) is 0 Å². The van der Waals surface area contributed by atoms with Gasteiger partial charge in [0.1, 0.15) is 0 Å². The molecule has 1 rings (SSSR count). The molecule has 0 amide bonds. The number of piperazine rings is 1. The fourth-order valence-electron chi connectivity index (χ4n) is 1.68. The maximum absolute atomic E-state index is 11.7. The minimum absolute atomic E-state index is 0.500. The van der Waals surface area contributed by atoms with Crippen molar-refractivity contribution in [2.75, 3.05) is 52.9 Å². The van der Waals surface area contributed by atoms with E-state index < -0.39 is 10.2 Å². The normalized spacial score (nSPS) is 18.8. The molecule has 1 aliphatic rings. The molecule has 0 aromatic heterocycles. The van der Waals surface area contributed by atoms with Crippen LogP contribution in [0.1, 0.15) is 13.3 Å². The number of rotatable bonds is 7. The van der Waals surface area contributed by atoms with E-state index in [1.54, 1.807) is 7.05 Å². The summed E-state index contributed by atoms with van der Waals surface area (Å²) >= 11 is 0. The van der Waals surface area contributed by atoms with Crippen molar-refractivity contribution < 1.29 is 8.42 Å². The molecule has 1 fully saturated rings. The van der Waals surface area contributed by atoms with Crippen LogP contribution >= 0.6 is 0 Å². The third kappa shape index (κ3) is 5.31. The van der Waals surface area contributed by atoms with Crippen LogP contribution in [0.5, 0.6) is 0 Å². The molecule has 0 saturated carbocycles. The first kappa shape index (κ1) is 14.8. The summed E-state index contributed by atoms with van der Waals surface area (Å²) in [6.07, 6.45) is 0.810. The fourth-order valence-corrected chi connectivity index (χ4v) is 2.68. The smallest absolute Gasteiger partial charge is 0.279 e. The molecule has 1 aliphatic heterocycles. The Bertz CT molecular complexity index is 301. The van der Waals surface area contributed by atoms with E-state index in [2.05, 4.69) is 14.9 Å². The van der Waals surface area contributed by atoms with E-state index in [4.69, 9.17) is 0 Å². The van der Waals surface area contributed by atoms with Gasteiger partial charge in [0.25, 0.3) is 10.2 Å². The van der Waals surface area contributed by atoms with E-state index >= 15 is 0 Å². The van der Waals surface area contributed by atoms with Gasteiger partial charge in [-0.15, -0.1) is 0 Å². The van der Waals surface area contributed by atoms with E-state index in [0.29, 0.717) is 13.1 Å². The highest BCUT2D eigenvalue weighted by atomic mass is 32.2. The average Bonchev–Trinajstić information content (AvgIpc) is 2.34. The molecule has 0 aromatic rings. The minimum atomic E-state index is -3.28. The van der Waals surface area contributed by atoms with Crippen LogP contribution in [0.2, 0.25) is 0 Å². The Labute approximate surface area is 105 Å². The fraction of sp³-hybridized carbons (Fsp3) is 1.00. The van der Waals surface area contributed by atoms with Crippen LogP contribution in [0.15, 0.2) is 0 Å². The zero-order valence-electron chi connectivity index (χ0n) is 10.8. The molecule has 0 radical (unpaired) electrons. The lowest BCUT2D eigenvalue weighted by Gasteiger charge is -2.28. The van der Waals surface area contributed by atoms with Gasteiger partial charge in [-0.3, -0.25) is 4.90 Å². The quantitative estimate of drug-likeness (QED) is 0.623. The maximum atomic E-state index is 11.7. The van der Waals surface area contributed by atoms with Crippen molar-refractivity contribution in [1.29, 1.82) is 0 Å². The van der Waals surface area contributed by atoms with Crippen LogP contribution < -0.4 is 10.0 Å². The largest absolute Gasteiger partial charge is 0.314 e. The van der Waals surface area contributed by atoms with Crippen LogP contribution in [-0.4, -0.2) is 70.5 Å². The summed E-state index contributed by atoms with van der Waals surface area (Å²) < 4.78 is 27.4. The Morgan fingerprint density at radius 2 is 2.00 bits per heavy atom. The second kappa shape index (κ2) is 7.27. The maximum Gasteiger partial charge on any atom is 0.279 e. The van der Waals surface area contributed by atoms with E-state index in [0.717, 1.165) is 39.1 Å². The Kier molecular flexibility index (Phi) is 6.35. The molecule has 6 nitrogen and oxygen atoms in total. The molecule has 17 heavy (non-hydrogen) atoms. The van der Waals surface area contributed by atoms with Gasteiger partial charge in [-0.05, 0) is 6.42 Å². The van der Waals surface area contributed by atoms with Gasteiger partial charge in [-0.2, -0.15) is 12.7 Å². The average molecular weight is 264 g/mol. The first-order valence-corrected chi connectivity index (χ1v) is 7.64. The van der Waals surface area contributed by atoms with Gasteiger partial charge in [0, 0.05) is 52.9 Å². The predicted molar refractivity (Wildman–Crippen MR) is 69.2 cm³/mol. The Balaban J connectivity index is 2.29. The second-order valence-electron chi connectivity index (χ2n) is 4.31. The van der Waals surface area contributed by atoms with Crippen molar-refractivity contribution in [3.8, 4) is 0 Å². The van der Waals surface area contributed by atoms with Gasteiger partial charge in [-0.1, -0.05) is 6.92 Å². The van der Waals surface area contributed by atoms with Crippen molar-refractivity contribution in [3.05, 3.63) is 0 Å². The lowest BCUT2D eigenvalue weighted by molar-refractivity contribution is 0.229. The third-order valence-corrected chi connectivity index (χ3v) is 4.46. The summed E-state index contributed by atoms with van der Waals surface area (Å²) in [5.74, 6) is 0. The molecule has 2 N–H and O–H groups in total. The molecule has 0 bridgehead atoms. The van der Waals surface area contributed by atoms with Crippen LogP contribution in [0, 0.1) is 0 Å². The molecule has 7 heteroatoms. The Morgan fingerprint density at radius 3 is 2.59 bits per heavy atom. The lowest BCUT2D eigenvalue weighted by atomic mass is 10.3. The number of nitrogens with one attached hydrogen (secondary N) is 2. The first-order valence-electron chi connectivity index (χ1n) is 6.20. The number of hydrogen-bond acceptors (Lipinski definition) is 4. The predicted octanol–water partition coefficient (Wildman–Crippen LogP) is -0.932. The summed E-state index contributed by atoms with van der Waals surface area (Å²) in [5, 5.41) is 3.27. The third-order valence-electron chi connectivity index (χ3n) is 2.89. The first-order chi connectivity index (χ1) is 8.06. The topological polar surface area (TPSA) is 64.7 Å². The lowest BCUT2D eigenvalue weighted by Crippen LogP contribution is -2.47. The van der Waals surface area contributed by atoms with Crippen LogP contribution in [0.4, 0.5) is 0 Å². The molecule has 1 saturated heterocycles. The van der Waals surface area contributed by atoms with E-state index in [-0.39, 0.29) is 0 Å². The molecule has 0 aliphatic carbocycles. The molecule has 0 spiro atoms. The number of nitrogens with zero attached hydrogens (tertiary/aromatic N) is 2. The molecule has 0 aromatic carbocycles. The summed E-state index contributed by atoms with van der Waals surface area (Å²) in [7, 11) is -1.66. The second-order valence-corrected chi connectivity index (χ2v) is 6.17. The van der Waals surface area contributed by atoms with Crippen LogP contribution in [0.25, 0.3) is 0 Å². The molecular weight excluding hydrogens is 240 g/mol. The summed E-state index contributed by atoms with van der Waals surface area (Å²) in [5.41, 5.74) is 0. The van der Waals surface area contributed by atoms with Crippen molar-refractivity contribution >= 4 is 10.2 Å².